The zero-order valence-electron chi connectivity index (χ0n) is 14.3. The summed E-state index contributed by atoms with van der Waals surface area (Å²) in [6.07, 6.45) is 2.13. The summed E-state index contributed by atoms with van der Waals surface area (Å²) in [4.78, 5) is 16.4. The number of ether oxygens (including phenoxy) is 1. The van der Waals surface area contributed by atoms with E-state index in [2.05, 4.69) is 20.4 Å². The predicted octanol–water partition coefficient (Wildman–Crippen LogP) is 0.725. The van der Waals surface area contributed by atoms with Gasteiger partial charge in [0.15, 0.2) is 5.82 Å². The molecule has 1 amide bonds. The van der Waals surface area contributed by atoms with E-state index in [1.165, 1.54) is 0 Å². The minimum atomic E-state index is 0.300. The Kier molecular flexibility index (Phi) is 4.35. The number of nitrogens with zero attached hydrogens (tertiary/aromatic N) is 6. The number of carbonyl (C=O) groups is 1. The van der Waals surface area contributed by atoms with Crippen LogP contribution in [0.3, 0.4) is 0 Å². The largest absolute Gasteiger partial charge is 0.497 e. The molecule has 0 spiro atoms. The number of amides is 1. The predicted molar refractivity (Wildman–Crippen MR) is 90.3 cm³/mol. The average molecular weight is 342 g/mol. The monoisotopic (exact) mass is 342 g/mol. The van der Waals surface area contributed by atoms with Crippen LogP contribution in [0.1, 0.15) is 18.7 Å². The first-order valence-corrected chi connectivity index (χ1v) is 8.67. The highest BCUT2D eigenvalue weighted by atomic mass is 16.5. The first-order chi connectivity index (χ1) is 12.2. The Bertz CT molecular complexity index is 732. The number of hydrogen-bond donors (Lipinski definition) is 0. The van der Waals surface area contributed by atoms with E-state index >= 15 is 0 Å². The first kappa shape index (κ1) is 16.0. The summed E-state index contributed by atoms with van der Waals surface area (Å²) >= 11 is 0. The Labute approximate surface area is 146 Å². The Balaban J connectivity index is 1.39. The molecule has 2 aliphatic rings. The van der Waals surface area contributed by atoms with Crippen molar-refractivity contribution in [3.05, 3.63) is 30.1 Å². The van der Waals surface area contributed by atoms with Gasteiger partial charge in [-0.05, 0) is 47.5 Å². The number of rotatable bonds is 5. The number of tetrazole rings is 1. The Morgan fingerprint density at radius 3 is 2.52 bits per heavy atom. The molecule has 1 saturated heterocycles. The lowest BCUT2D eigenvalue weighted by Gasteiger charge is -2.34. The Morgan fingerprint density at radius 1 is 1.16 bits per heavy atom. The molecule has 1 aliphatic heterocycles. The fourth-order valence-electron chi connectivity index (χ4n) is 3.14. The summed E-state index contributed by atoms with van der Waals surface area (Å²) in [5.41, 5.74) is 0.906. The highest BCUT2D eigenvalue weighted by molar-refractivity contribution is 5.81. The molecule has 132 valence electrons. The summed E-state index contributed by atoms with van der Waals surface area (Å²) in [6, 6.07) is 7.65. The maximum absolute atomic E-state index is 12.1. The standard InChI is InChI=1S/C17H22N6O2/c1-25-15-6-4-14(5-7-15)23-16(18-19-20-23)12-21-8-10-22(11-9-21)17(24)13-2-3-13/h4-7,13H,2-3,8-12H2,1H3. The number of piperazine rings is 1. The van der Waals surface area contributed by atoms with Gasteiger partial charge in [0.1, 0.15) is 5.75 Å². The van der Waals surface area contributed by atoms with Crippen molar-refractivity contribution in [2.24, 2.45) is 5.92 Å². The van der Waals surface area contributed by atoms with Crippen LogP contribution >= 0.6 is 0 Å². The van der Waals surface area contributed by atoms with Gasteiger partial charge in [0.05, 0.1) is 19.3 Å². The van der Waals surface area contributed by atoms with Crippen LogP contribution < -0.4 is 4.74 Å². The minimum Gasteiger partial charge on any atom is -0.497 e. The molecule has 1 aliphatic carbocycles. The van der Waals surface area contributed by atoms with Crippen molar-refractivity contribution in [1.29, 1.82) is 0 Å². The molecule has 0 atom stereocenters. The Hall–Kier alpha value is -2.48. The van der Waals surface area contributed by atoms with Gasteiger partial charge in [0.2, 0.25) is 5.91 Å². The SMILES string of the molecule is COc1ccc(-n2nnnc2CN2CCN(C(=O)C3CC3)CC2)cc1. The molecule has 0 bridgehead atoms. The maximum atomic E-state index is 12.1. The van der Waals surface area contributed by atoms with Gasteiger partial charge in [0, 0.05) is 32.1 Å². The lowest BCUT2D eigenvalue weighted by atomic mass is 10.2. The fraction of sp³-hybridized carbons (Fsp3) is 0.529. The normalized spacial score (nSPS) is 18.4. The van der Waals surface area contributed by atoms with Gasteiger partial charge < -0.3 is 9.64 Å². The van der Waals surface area contributed by atoms with Gasteiger partial charge in [-0.25, -0.2) is 0 Å². The topological polar surface area (TPSA) is 76.4 Å². The second kappa shape index (κ2) is 6.79. The number of aromatic nitrogens is 4. The van der Waals surface area contributed by atoms with E-state index in [9.17, 15) is 4.79 Å². The maximum Gasteiger partial charge on any atom is 0.225 e. The van der Waals surface area contributed by atoms with Crippen molar-refractivity contribution in [1.82, 2.24) is 30.0 Å². The zero-order chi connectivity index (χ0) is 17.2. The summed E-state index contributed by atoms with van der Waals surface area (Å²) in [5.74, 6) is 2.23. The van der Waals surface area contributed by atoms with Gasteiger partial charge in [-0.1, -0.05) is 0 Å². The third kappa shape index (κ3) is 3.48. The average Bonchev–Trinajstić information content (AvgIpc) is 3.41. The molecule has 2 fully saturated rings. The van der Waals surface area contributed by atoms with E-state index in [0.29, 0.717) is 18.4 Å². The van der Waals surface area contributed by atoms with Crippen molar-refractivity contribution in [3.63, 3.8) is 0 Å². The van der Waals surface area contributed by atoms with Crippen LogP contribution in [0.5, 0.6) is 5.75 Å². The van der Waals surface area contributed by atoms with Gasteiger partial charge in [0.25, 0.3) is 0 Å². The van der Waals surface area contributed by atoms with Crippen LogP contribution in [0.2, 0.25) is 0 Å². The molecule has 25 heavy (non-hydrogen) atoms. The molecule has 2 heterocycles. The van der Waals surface area contributed by atoms with E-state index < -0.39 is 0 Å². The quantitative estimate of drug-likeness (QED) is 0.797. The number of methoxy groups -OCH3 is 1. The molecule has 4 rings (SSSR count). The second-order valence-electron chi connectivity index (χ2n) is 6.58. The summed E-state index contributed by atoms with van der Waals surface area (Å²) in [6.45, 7) is 3.96. The molecule has 8 nitrogen and oxygen atoms in total. The molecule has 2 aromatic rings. The smallest absolute Gasteiger partial charge is 0.225 e. The third-order valence-electron chi connectivity index (χ3n) is 4.83. The lowest BCUT2D eigenvalue weighted by molar-refractivity contribution is -0.134. The molecule has 1 saturated carbocycles. The highest BCUT2D eigenvalue weighted by Gasteiger charge is 2.34. The van der Waals surface area contributed by atoms with Crippen molar-refractivity contribution in [2.45, 2.75) is 19.4 Å². The van der Waals surface area contributed by atoms with E-state index in [1.54, 1.807) is 11.8 Å². The first-order valence-electron chi connectivity index (χ1n) is 8.67. The number of hydrogen-bond acceptors (Lipinski definition) is 6. The van der Waals surface area contributed by atoms with Crippen molar-refractivity contribution < 1.29 is 9.53 Å². The minimum absolute atomic E-state index is 0.300. The Morgan fingerprint density at radius 2 is 1.88 bits per heavy atom. The lowest BCUT2D eigenvalue weighted by Crippen LogP contribution is -2.49. The van der Waals surface area contributed by atoms with E-state index in [4.69, 9.17) is 4.74 Å². The second-order valence-corrected chi connectivity index (χ2v) is 6.58. The van der Waals surface area contributed by atoms with Crippen LogP contribution in [0.15, 0.2) is 24.3 Å². The molecule has 1 aromatic carbocycles. The fourth-order valence-corrected chi connectivity index (χ4v) is 3.14. The van der Waals surface area contributed by atoms with E-state index in [0.717, 1.165) is 56.3 Å². The summed E-state index contributed by atoms with van der Waals surface area (Å²) in [7, 11) is 1.64. The molecular weight excluding hydrogens is 320 g/mol. The number of carbonyl (C=O) groups excluding carboxylic acids is 1. The van der Waals surface area contributed by atoms with Gasteiger partial charge in [-0.2, -0.15) is 4.68 Å². The molecule has 1 aromatic heterocycles. The molecule has 0 N–H and O–H groups in total. The van der Waals surface area contributed by atoms with Crippen molar-refractivity contribution >= 4 is 5.91 Å². The van der Waals surface area contributed by atoms with Crippen LogP contribution in [-0.2, 0) is 11.3 Å². The molecule has 0 radical (unpaired) electrons. The molecule has 8 heteroatoms. The zero-order valence-corrected chi connectivity index (χ0v) is 14.3. The highest BCUT2D eigenvalue weighted by Crippen LogP contribution is 2.31. The van der Waals surface area contributed by atoms with Gasteiger partial charge in [-0.15, -0.1) is 5.10 Å². The van der Waals surface area contributed by atoms with E-state index in [-0.39, 0.29) is 0 Å². The number of benzene rings is 1. The van der Waals surface area contributed by atoms with E-state index in [1.807, 2.05) is 29.2 Å². The van der Waals surface area contributed by atoms with Crippen molar-refractivity contribution in [3.8, 4) is 11.4 Å². The molecule has 0 unspecified atom stereocenters. The van der Waals surface area contributed by atoms with Gasteiger partial charge in [-0.3, -0.25) is 9.69 Å². The van der Waals surface area contributed by atoms with Crippen LogP contribution in [0.4, 0.5) is 0 Å². The third-order valence-corrected chi connectivity index (χ3v) is 4.83. The van der Waals surface area contributed by atoms with Crippen LogP contribution in [-0.4, -0.2) is 69.2 Å². The van der Waals surface area contributed by atoms with Crippen LogP contribution in [0.25, 0.3) is 5.69 Å². The van der Waals surface area contributed by atoms with Gasteiger partial charge >= 0.3 is 0 Å². The molecular formula is C17H22N6O2. The summed E-state index contributed by atoms with van der Waals surface area (Å²) < 4.78 is 6.94. The van der Waals surface area contributed by atoms with Crippen molar-refractivity contribution in [2.75, 3.05) is 33.3 Å². The summed E-state index contributed by atoms with van der Waals surface area (Å²) in [5, 5.41) is 12.1. The van der Waals surface area contributed by atoms with Crippen LogP contribution in [0, 0.1) is 5.92 Å².